The average molecular weight is 232 g/mol. The molecule has 6 nitrogen and oxygen atoms in total. The summed E-state index contributed by atoms with van der Waals surface area (Å²) < 4.78 is 0. The molecule has 0 aromatic heterocycles. The maximum atomic E-state index is 11.6. The molecule has 3 N–H and O–H groups in total. The number of carboxylic acid groups (broad SMARTS) is 1. The summed E-state index contributed by atoms with van der Waals surface area (Å²) in [5, 5.41) is 20.2. The highest BCUT2D eigenvalue weighted by Crippen LogP contribution is 2.02. The fraction of sp³-hybridized carbons (Fsp3) is 0.800. The van der Waals surface area contributed by atoms with E-state index in [9.17, 15) is 14.7 Å². The normalized spacial score (nSPS) is 16.1. The van der Waals surface area contributed by atoms with Gasteiger partial charge >= 0.3 is 12.0 Å². The molecule has 3 unspecified atom stereocenters. The molecule has 6 heteroatoms. The minimum atomic E-state index is -1.28. The van der Waals surface area contributed by atoms with Crippen LogP contribution in [0.4, 0.5) is 4.79 Å². The summed E-state index contributed by atoms with van der Waals surface area (Å²) in [7, 11) is 1.59. The number of hydrogen-bond donors (Lipinski definition) is 3. The van der Waals surface area contributed by atoms with Crippen LogP contribution in [-0.4, -0.2) is 52.3 Å². The molecule has 0 aliphatic heterocycles. The largest absolute Gasteiger partial charge is 0.480 e. The van der Waals surface area contributed by atoms with Crippen molar-refractivity contribution in [3.8, 4) is 0 Å². The molecular formula is C10H20N2O4. The minimum Gasteiger partial charge on any atom is -0.480 e. The van der Waals surface area contributed by atoms with E-state index < -0.39 is 24.1 Å². The molecule has 0 aliphatic rings. The van der Waals surface area contributed by atoms with E-state index in [1.54, 1.807) is 7.05 Å². The van der Waals surface area contributed by atoms with E-state index in [1.807, 2.05) is 13.8 Å². The first kappa shape index (κ1) is 14.7. The van der Waals surface area contributed by atoms with Gasteiger partial charge in [-0.15, -0.1) is 0 Å². The van der Waals surface area contributed by atoms with Gasteiger partial charge in [0.2, 0.25) is 0 Å². The zero-order valence-electron chi connectivity index (χ0n) is 10.1. The summed E-state index contributed by atoms with van der Waals surface area (Å²) in [5.41, 5.74) is 0. The summed E-state index contributed by atoms with van der Waals surface area (Å²) in [6.07, 6.45) is -0.358. The van der Waals surface area contributed by atoms with Crippen LogP contribution in [0.1, 0.15) is 27.2 Å². The van der Waals surface area contributed by atoms with Crippen molar-refractivity contribution in [1.29, 1.82) is 0 Å². The highest BCUT2D eigenvalue weighted by atomic mass is 16.4. The first-order valence-corrected chi connectivity index (χ1v) is 5.25. The van der Waals surface area contributed by atoms with E-state index in [0.29, 0.717) is 0 Å². The SMILES string of the molecule is CCC(C)N(C)C(=O)NC(C(=O)O)C(C)O. The van der Waals surface area contributed by atoms with Crippen molar-refractivity contribution in [3.05, 3.63) is 0 Å². The standard InChI is InChI=1S/C10H20N2O4/c1-5-6(2)12(4)10(16)11-8(7(3)13)9(14)15/h6-8,13H,5H2,1-4H3,(H,11,16)(H,14,15). The van der Waals surface area contributed by atoms with Crippen LogP contribution in [0.2, 0.25) is 0 Å². The van der Waals surface area contributed by atoms with E-state index in [2.05, 4.69) is 5.32 Å². The molecule has 0 radical (unpaired) electrons. The van der Waals surface area contributed by atoms with Crippen LogP contribution in [0.5, 0.6) is 0 Å². The highest BCUT2D eigenvalue weighted by Gasteiger charge is 2.27. The molecule has 0 saturated heterocycles. The second-order valence-corrected chi connectivity index (χ2v) is 3.87. The molecule has 94 valence electrons. The zero-order chi connectivity index (χ0) is 12.9. The molecule has 0 heterocycles. The van der Waals surface area contributed by atoms with Gasteiger partial charge in [0.15, 0.2) is 6.04 Å². The van der Waals surface area contributed by atoms with Crippen LogP contribution in [0, 0.1) is 0 Å². The number of urea groups is 1. The van der Waals surface area contributed by atoms with Gasteiger partial charge in [-0.1, -0.05) is 6.92 Å². The van der Waals surface area contributed by atoms with Gasteiger partial charge in [-0.05, 0) is 20.3 Å². The van der Waals surface area contributed by atoms with Gasteiger partial charge in [-0.25, -0.2) is 9.59 Å². The maximum Gasteiger partial charge on any atom is 0.328 e. The summed E-state index contributed by atoms with van der Waals surface area (Å²) in [4.78, 5) is 23.8. The molecule has 0 bridgehead atoms. The molecule has 0 aromatic rings. The second kappa shape index (κ2) is 6.32. The molecule has 0 aromatic carbocycles. The van der Waals surface area contributed by atoms with Crippen molar-refractivity contribution in [2.75, 3.05) is 7.05 Å². The third kappa shape index (κ3) is 4.06. The summed E-state index contributed by atoms with van der Waals surface area (Å²) in [5.74, 6) is -1.25. The van der Waals surface area contributed by atoms with Crippen molar-refractivity contribution >= 4 is 12.0 Å². The number of aliphatic carboxylic acids is 1. The third-order valence-electron chi connectivity index (χ3n) is 2.60. The lowest BCUT2D eigenvalue weighted by atomic mass is 10.2. The predicted molar refractivity (Wildman–Crippen MR) is 59.2 cm³/mol. The van der Waals surface area contributed by atoms with Crippen LogP contribution >= 0.6 is 0 Å². The molecule has 0 saturated carbocycles. The maximum absolute atomic E-state index is 11.6. The quantitative estimate of drug-likeness (QED) is 0.634. The van der Waals surface area contributed by atoms with Crippen LogP contribution in [-0.2, 0) is 4.79 Å². The van der Waals surface area contributed by atoms with Gasteiger partial charge in [-0.3, -0.25) is 0 Å². The van der Waals surface area contributed by atoms with Gasteiger partial charge in [-0.2, -0.15) is 0 Å². The van der Waals surface area contributed by atoms with Gasteiger partial charge in [0, 0.05) is 13.1 Å². The van der Waals surface area contributed by atoms with Crippen LogP contribution in [0.3, 0.4) is 0 Å². The lowest BCUT2D eigenvalue weighted by Gasteiger charge is -2.26. The third-order valence-corrected chi connectivity index (χ3v) is 2.60. The topological polar surface area (TPSA) is 89.9 Å². The first-order chi connectivity index (χ1) is 7.31. The molecule has 3 atom stereocenters. The lowest BCUT2D eigenvalue weighted by molar-refractivity contribution is -0.141. The van der Waals surface area contributed by atoms with Crippen molar-refractivity contribution < 1.29 is 19.8 Å². The fourth-order valence-corrected chi connectivity index (χ4v) is 1.10. The Bertz CT molecular complexity index is 255. The molecule has 0 rings (SSSR count). The van der Waals surface area contributed by atoms with Crippen molar-refractivity contribution in [1.82, 2.24) is 10.2 Å². The predicted octanol–water partition coefficient (Wildman–Crippen LogP) is 0.260. The average Bonchev–Trinajstić information content (AvgIpc) is 2.22. The summed E-state index contributed by atoms with van der Waals surface area (Å²) in [6.45, 7) is 5.11. The Kier molecular flexibility index (Phi) is 5.81. The number of aliphatic hydroxyl groups excluding tert-OH is 1. The molecular weight excluding hydrogens is 212 g/mol. The zero-order valence-corrected chi connectivity index (χ0v) is 10.1. The molecule has 0 spiro atoms. The van der Waals surface area contributed by atoms with Crippen molar-refractivity contribution in [2.45, 2.75) is 45.4 Å². The number of aliphatic hydroxyl groups is 1. The number of hydrogen-bond acceptors (Lipinski definition) is 3. The highest BCUT2D eigenvalue weighted by molar-refractivity contribution is 5.83. The van der Waals surface area contributed by atoms with Crippen LogP contribution < -0.4 is 5.32 Å². The van der Waals surface area contributed by atoms with E-state index in [1.165, 1.54) is 11.8 Å². The fourth-order valence-electron chi connectivity index (χ4n) is 1.10. The van der Waals surface area contributed by atoms with Crippen LogP contribution in [0.15, 0.2) is 0 Å². The van der Waals surface area contributed by atoms with Crippen LogP contribution in [0.25, 0.3) is 0 Å². The van der Waals surface area contributed by atoms with Crippen molar-refractivity contribution in [3.63, 3.8) is 0 Å². The van der Waals surface area contributed by atoms with Gasteiger partial charge < -0.3 is 20.4 Å². The Labute approximate surface area is 95.2 Å². The Balaban J connectivity index is 4.46. The lowest BCUT2D eigenvalue weighted by Crippen LogP contribution is -2.53. The number of carbonyl (C=O) groups excluding carboxylic acids is 1. The van der Waals surface area contributed by atoms with Gasteiger partial charge in [0.1, 0.15) is 0 Å². The molecule has 2 amide bonds. The molecule has 0 fully saturated rings. The van der Waals surface area contributed by atoms with E-state index in [4.69, 9.17) is 5.11 Å². The smallest absolute Gasteiger partial charge is 0.328 e. The Morgan fingerprint density at radius 3 is 2.19 bits per heavy atom. The Morgan fingerprint density at radius 1 is 1.38 bits per heavy atom. The number of carbonyl (C=O) groups is 2. The number of rotatable bonds is 5. The summed E-state index contributed by atoms with van der Waals surface area (Å²) in [6, 6.07) is -1.76. The first-order valence-electron chi connectivity index (χ1n) is 5.25. The van der Waals surface area contributed by atoms with E-state index in [0.717, 1.165) is 6.42 Å². The van der Waals surface area contributed by atoms with E-state index >= 15 is 0 Å². The number of amides is 2. The van der Waals surface area contributed by atoms with Gasteiger partial charge in [0.05, 0.1) is 6.10 Å². The Hall–Kier alpha value is -1.30. The monoisotopic (exact) mass is 232 g/mol. The number of carboxylic acids is 1. The number of nitrogens with zero attached hydrogens (tertiary/aromatic N) is 1. The number of nitrogens with one attached hydrogen (secondary N) is 1. The van der Waals surface area contributed by atoms with E-state index in [-0.39, 0.29) is 6.04 Å². The van der Waals surface area contributed by atoms with Gasteiger partial charge in [0.25, 0.3) is 0 Å². The van der Waals surface area contributed by atoms with Crippen molar-refractivity contribution in [2.24, 2.45) is 0 Å². The minimum absolute atomic E-state index is 0.0171. The molecule has 16 heavy (non-hydrogen) atoms. The summed E-state index contributed by atoms with van der Waals surface area (Å²) >= 11 is 0. The molecule has 0 aliphatic carbocycles. The second-order valence-electron chi connectivity index (χ2n) is 3.87. The Morgan fingerprint density at radius 2 is 1.88 bits per heavy atom.